The van der Waals surface area contributed by atoms with Crippen LogP contribution in [0.4, 0.5) is 5.69 Å². The minimum atomic E-state index is -0.371. The van der Waals surface area contributed by atoms with Gasteiger partial charge in [0, 0.05) is 35.5 Å². The SMILES string of the molecule is COC(=O)c1ccc(-n2cccc2[C@@H]2[C@H](c3ccccn3)NC(=S)N2c2ccc3c(c2)OCO3)cc1. The number of esters is 1. The molecule has 2 aliphatic heterocycles. The van der Waals surface area contributed by atoms with Gasteiger partial charge in [0.05, 0.1) is 24.4 Å². The zero-order chi connectivity index (χ0) is 24.6. The summed E-state index contributed by atoms with van der Waals surface area (Å²) in [5.41, 5.74) is 4.16. The summed E-state index contributed by atoms with van der Waals surface area (Å²) in [6, 6.07) is 22.7. The van der Waals surface area contributed by atoms with Crippen LogP contribution in [-0.4, -0.2) is 34.5 Å². The van der Waals surface area contributed by atoms with Crippen LogP contribution in [0, 0.1) is 0 Å². The molecule has 2 aromatic carbocycles. The van der Waals surface area contributed by atoms with E-state index < -0.39 is 0 Å². The molecule has 0 radical (unpaired) electrons. The number of benzene rings is 2. The molecule has 0 spiro atoms. The van der Waals surface area contributed by atoms with Crippen molar-refractivity contribution in [3.05, 3.63) is 102 Å². The van der Waals surface area contributed by atoms with Crippen LogP contribution >= 0.6 is 12.2 Å². The Bertz CT molecular complexity index is 1440. The van der Waals surface area contributed by atoms with Gasteiger partial charge >= 0.3 is 5.97 Å². The lowest BCUT2D eigenvalue weighted by Gasteiger charge is -2.29. The summed E-state index contributed by atoms with van der Waals surface area (Å²) in [5.74, 6) is 1.02. The largest absolute Gasteiger partial charge is 0.465 e. The van der Waals surface area contributed by atoms with Crippen LogP contribution in [0.3, 0.4) is 0 Å². The van der Waals surface area contributed by atoms with Crippen LogP contribution < -0.4 is 19.7 Å². The molecule has 9 heteroatoms. The molecule has 2 aliphatic rings. The number of pyridine rings is 1. The Morgan fingerprint density at radius 1 is 1.03 bits per heavy atom. The summed E-state index contributed by atoms with van der Waals surface area (Å²) in [6.45, 7) is 0.200. The molecule has 4 aromatic rings. The van der Waals surface area contributed by atoms with Crippen molar-refractivity contribution >= 4 is 29.0 Å². The van der Waals surface area contributed by atoms with Crippen molar-refractivity contribution in [1.82, 2.24) is 14.9 Å². The summed E-state index contributed by atoms with van der Waals surface area (Å²) < 4.78 is 18.1. The number of carbonyl (C=O) groups is 1. The number of nitrogens with one attached hydrogen (secondary N) is 1. The Morgan fingerprint density at radius 3 is 2.61 bits per heavy atom. The standard InChI is InChI=1S/C27H22N4O4S/c1-33-26(32)17-7-9-18(10-8-17)30-14-4-6-21(30)25-24(20-5-2-3-13-28-20)29-27(36)31(25)19-11-12-22-23(15-19)35-16-34-22/h2-15,24-25H,16H2,1H3,(H,29,36)/t24-,25+/m0/s1. The number of aromatic nitrogens is 2. The number of nitrogens with zero attached hydrogens (tertiary/aromatic N) is 3. The summed E-state index contributed by atoms with van der Waals surface area (Å²) in [5, 5.41) is 4.07. The molecular weight excluding hydrogens is 476 g/mol. The number of fused-ring (bicyclic) bond motifs is 1. The quantitative estimate of drug-likeness (QED) is 0.317. The number of ether oxygens (including phenoxy) is 3. The van der Waals surface area contributed by atoms with Crippen LogP contribution in [0.15, 0.2) is 85.2 Å². The van der Waals surface area contributed by atoms with E-state index in [4.69, 9.17) is 26.4 Å². The first kappa shape index (κ1) is 22.1. The Hall–Kier alpha value is -4.37. The molecule has 0 saturated carbocycles. The van der Waals surface area contributed by atoms with Crippen LogP contribution in [0.25, 0.3) is 5.69 Å². The molecule has 0 aliphatic carbocycles. The molecule has 1 fully saturated rings. The fraction of sp³-hybridized carbons (Fsp3) is 0.148. The third-order valence-electron chi connectivity index (χ3n) is 6.38. The zero-order valence-corrected chi connectivity index (χ0v) is 20.1. The van der Waals surface area contributed by atoms with Gasteiger partial charge in [0.2, 0.25) is 6.79 Å². The number of hydrogen-bond acceptors (Lipinski definition) is 6. The van der Waals surface area contributed by atoms with Crippen molar-refractivity contribution in [2.75, 3.05) is 18.8 Å². The maximum atomic E-state index is 11.9. The van der Waals surface area contributed by atoms with Gasteiger partial charge in [-0.1, -0.05) is 6.07 Å². The minimum Gasteiger partial charge on any atom is -0.465 e. The number of anilines is 1. The first-order chi connectivity index (χ1) is 17.6. The first-order valence-corrected chi connectivity index (χ1v) is 11.8. The number of methoxy groups -OCH3 is 1. The smallest absolute Gasteiger partial charge is 0.337 e. The monoisotopic (exact) mass is 498 g/mol. The average Bonchev–Trinajstić information content (AvgIpc) is 3.66. The van der Waals surface area contributed by atoms with Crippen molar-refractivity contribution < 1.29 is 19.0 Å². The first-order valence-electron chi connectivity index (χ1n) is 11.4. The fourth-order valence-corrected chi connectivity index (χ4v) is 5.06. The molecule has 1 saturated heterocycles. The van der Waals surface area contributed by atoms with Crippen molar-refractivity contribution in [3.8, 4) is 17.2 Å². The van der Waals surface area contributed by atoms with Gasteiger partial charge in [-0.3, -0.25) is 4.98 Å². The molecule has 8 nitrogen and oxygen atoms in total. The summed E-state index contributed by atoms with van der Waals surface area (Å²) >= 11 is 5.85. The summed E-state index contributed by atoms with van der Waals surface area (Å²) in [6.07, 6.45) is 3.78. The summed E-state index contributed by atoms with van der Waals surface area (Å²) in [4.78, 5) is 18.6. The van der Waals surface area contributed by atoms with E-state index in [-0.39, 0.29) is 24.8 Å². The topological polar surface area (TPSA) is 77.9 Å². The average molecular weight is 499 g/mol. The second-order valence-electron chi connectivity index (χ2n) is 8.38. The Labute approximate surface area is 213 Å². The minimum absolute atomic E-state index is 0.200. The zero-order valence-electron chi connectivity index (χ0n) is 19.3. The van der Waals surface area contributed by atoms with Gasteiger partial charge in [-0.15, -0.1) is 0 Å². The van der Waals surface area contributed by atoms with Gasteiger partial charge < -0.3 is 29.0 Å². The van der Waals surface area contributed by atoms with Crippen molar-refractivity contribution in [3.63, 3.8) is 0 Å². The molecule has 1 N–H and O–H groups in total. The molecular formula is C27H22N4O4S. The fourth-order valence-electron chi connectivity index (χ4n) is 4.71. The van der Waals surface area contributed by atoms with E-state index in [0.29, 0.717) is 22.2 Å². The third kappa shape index (κ3) is 3.74. The third-order valence-corrected chi connectivity index (χ3v) is 6.70. The van der Waals surface area contributed by atoms with E-state index >= 15 is 0 Å². The van der Waals surface area contributed by atoms with E-state index in [2.05, 4.69) is 25.8 Å². The molecule has 0 unspecified atom stereocenters. The van der Waals surface area contributed by atoms with Crippen LogP contribution in [0.2, 0.25) is 0 Å². The molecule has 0 bridgehead atoms. The Kier molecular flexibility index (Phi) is 5.54. The lowest BCUT2D eigenvalue weighted by atomic mass is 10.0. The molecule has 36 heavy (non-hydrogen) atoms. The predicted octanol–water partition coefficient (Wildman–Crippen LogP) is 4.56. The van der Waals surface area contributed by atoms with Gasteiger partial charge in [0.1, 0.15) is 6.04 Å². The van der Waals surface area contributed by atoms with Gasteiger partial charge in [0.15, 0.2) is 16.6 Å². The second-order valence-corrected chi connectivity index (χ2v) is 8.76. The van der Waals surface area contributed by atoms with Gasteiger partial charge in [0.25, 0.3) is 0 Å². The van der Waals surface area contributed by atoms with E-state index in [1.807, 2.05) is 60.8 Å². The predicted molar refractivity (Wildman–Crippen MR) is 138 cm³/mol. The Morgan fingerprint density at radius 2 is 1.83 bits per heavy atom. The summed E-state index contributed by atoms with van der Waals surface area (Å²) in [7, 11) is 1.37. The highest BCUT2D eigenvalue weighted by Crippen LogP contribution is 2.44. The Balaban J connectivity index is 1.46. The van der Waals surface area contributed by atoms with E-state index in [1.54, 1.807) is 18.3 Å². The van der Waals surface area contributed by atoms with Gasteiger partial charge in [-0.25, -0.2) is 4.79 Å². The van der Waals surface area contributed by atoms with Crippen LogP contribution in [0.1, 0.15) is 33.8 Å². The second kappa shape index (κ2) is 9.01. The lowest BCUT2D eigenvalue weighted by Crippen LogP contribution is -2.30. The molecule has 2 atom stereocenters. The van der Waals surface area contributed by atoms with Crippen LogP contribution in [-0.2, 0) is 4.74 Å². The highest BCUT2D eigenvalue weighted by Gasteiger charge is 2.42. The lowest BCUT2D eigenvalue weighted by molar-refractivity contribution is 0.0600. The van der Waals surface area contributed by atoms with Crippen LogP contribution in [0.5, 0.6) is 11.5 Å². The molecule has 6 rings (SSSR count). The van der Waals surface area contributed by atoms with E-state index in [9.17, 15) is 4.79 Å². The van der Waals surface area contributed by atoms with E-state index in [0.717, 1.165) is 22.8 Å². The van der Waals surface area contributed by atoms with Crippen molar-refractivity contribution in [2.24, 2.45) is 0 Å². The normalized spacial score (nSPS) is 18.2. The number of thiocarbonyl (C=S) groups is 1. The molecule has 0 amide bonds. The molecule has 180 valence electrons. The van der Waals surface area contributed by atoms with Crippen molar-refractivity contribution in [2.45, 2.75) is 12.1 Å². The van der Waals surface area contributed by atoms with E-state index in [1.165, 1.54) is 7.11 Å². The molecule has 4 heterocycles. The maximum absolute atomic E-state index is 11.9. The van der Waals surface area contributed by atoms with Crippen molar-refractivity contribution in [1.29, 1.82) is 0 Å². The number of hydrogen-bond donors (Lipinski definition) is 1. The maximum Gasteiger partial charge on any atom is 0.337 e. The highest BCUT2D eigenvalue weighted by molar-refractivity contribution is 7.80. The van der Waals surface area contributed by atoms with Gasteiger partial charge in [-0.05, 0) is 72.9 Å². The highest BCUT2D eigenvalue weighted by atomic mass is 32.1. The number of rotatable bonds is 5. The molecule has 2 aromatic heterocycles. The van der Waals surface area contributed by atoms with Gasteiger partial charge in [-0.2, -0.15) is 0 Å². The number of carbonyl (C=O) groups excluding carboxylic acids is 1.